The molecule has 4 heteroatoms. The van der Waals surface area contributed by atoms with E-state index in [9.17, 15) is 9.18 Å². The maximum Gasteiger partial charge on any atom is 0.331 e. The van der Waals surface area contributed by atoms with Gasteiger partial charge in [-0.2, -0.15) is 0 Å². The molecule has 0 saturated carbocycles. The summed E-state index contributed by atoms with van der Waals surface area (Å²) in [7, 11) is 1.29. The van der Waals surface area contributed by atoms with Gasteiger partial charge in [-0.15, -0.1) is 0 Å². The van der Waals surface area contributed by atoms with Gasteiger partial charge >= 0.3 is 5.97 Å². The van der Waals surface area contributed by atoms with Crippen LogP contribution in [0, 0.1) is 17.7 Å². The summed E-state index contributed by atoms with van der Waals surface area (Å²) in [6, 6.07) is 5.81. The number of rotatable bonds is 3. The van der Waals surface area contributed by atoms with E-state index in [-0.39, 0.29) is 19.0 Å². The molecule has 0 aliphatic heterocycles. The normalized spacial score (nSPS) is 9.12. The number of hydrogen-bond donors (Lipinski definition) is 0. The summed E-state index contributed by atoms with van der Waals surface area (Å²) in [5.74, 6) is 4.73. The Labute approximate surface area is 93.2 Å². The van der Waals surface area contributed by atoms with Crippen molar-refractivity contribution in [2.75, 3.05) is 20.3 Å². The van der Waals surface area contributed by atoms with Crippen molar-refractivity contribution < 1.29 is 18.7 Å². The molecule has 0 radical (unpaired) electrons. The summed E-state index contributed by atoms with van der Waals surface area (Å²) in [5.41, 5.74) is 0.697. The van der Waals surface area contributed by atoms with Crippen LogP contribution in [0.15, 0.2) is 24.3 Å². The molecule has 0 aliphatic carbocycles. The first-order valence-corrected chi connectivity index (χ1v) is 4.61. The van der Waals surface area contributed by atoms with Crippen LogP contribution < -0.4 is 0 Å². The monoisotopic (exact) mass is 222 g/mol. The molecule has 0 spiro atoms. The number of esters is 1. The van der Waals surface area contributed by atoms with Crippen molar-refractivity contribution in [1.82, 2.24) is 0 Å². The van der Waals surface area contributed by atoms with Gasteiger partial charge in [0.25, 0.3) is 0 Å². The maximum absolute atomic E-state index is 12.5. The molecule has 84 valence electrons. The summed E-state index contributed by atoms with van der Waals surface area (Å²) in [4.78, 5) is 10.6. The van der Waals surface area contributed by atoms with Gasteiger partial charge in [0.1, 0.15) is 19.0 Å². The highest BCUT2D eigenvalue weighted by atomic mass is 19.1. The van der Waals surface area contributed by atoms with Crippen molar-refractivity contribution in [1.29, 1.82) is 0 Å². The van der Waals surface area contributed by atoms with Gasteiger partial charge in [-0.05, 0) is 24.3 Å². The van der Waals surface area contributed by atoms with E-state index in [1.165, 1.54) is 19.2 Å². The van der Waals surface area contributed by atoms with Crippen LogP contribution >= 0.6 is 0 Å². The largest absolute Gasteiger partial charge is 0.467 e. The van der Waals surface area contributed by atoms with Crippen LogP contribution in [0.1, 0.15) is 5.56 Å². The highest BCUT2D eigenvalue weighted by Crippen LogP contribution is 2.00. The average Bonchev–Trinajstić information content (AvgIpc) is 2.31. The summed E-state index contributed by atoms with van der Waals surface area (Å²) in [5, 5.41) is 0. The molecule has 0 amide bonds. The minimum Gasteiger partial charge on any atom is -0.467 e. The molecule has 0 fully saturated rings. The van der Waals surface area contributed by atoms with Crippen LogP contribution in [0.5, 0.6) is 0 Å². The van der Waals surface area contributed by atoms with Crippen molar-refractivity contribution in [3.63, 3.8) is 0 Å². The molecule has 3 nitrogen and oxygen atoms in total. The first-order chi connectivity index (χ1) is 7.72. The number of hydrogen-bond acceptors (Lipinski definition) is 3. The fourth-order valence-electron chi connectivity index (χ4n) is 0.916. The highest BCUT2D eigenvalue weighted by Gasteiger charge is 1.96. The predicted octanol–water partition coefficient (Wildman–Crippen LogP) is 1.37. The quantitative estimate of drug-likeness (QED) is 0.440. The van der Waals surface area contributed by atoms with E-state index in [0.717, 1.165) is 0 Å². The van der Waals surface area contributed by atoms with E-state index in [2.05, 4.69) is 16.6 Å². The highest BCUT2D eigenvalue weighted by molar-refractivity contribution is 5.70. The maximum atomic E-state index is 12.5. The lowest BCUT2D eigenvalue weighted by Crippen LogP contribution is -2.10. The molecule has 1 aromatic carbocycles. The first-order valence-electron chi connectivity index (χ1n) is 4.61. The smallest absolute Gasteiger partial charge is 0.331 e. The zero-order valence-corrected chi connectivity index (χ0v) is 8.83. The van der Waals surface area contributed by atoms with E-state index in [1.54, 1.807) is 12.1 Å². The van der Waals surface area contributed by atoms with Crippen molar-refractivity contribution in [2.45, 2.75) is 0 Å². The molecule has 0 aromatic heterocycles. The molecule has 0 saturated heterocycles. The van der Waals surface area contributed by atoms with Crippen LogP contribution in [0.4, 0.5) is 4.39 Å². The van der Waals surface area contributed by atoms with Crippen molar-refractivity contribution in [3.05, 3.63) is 35.6 Å². The third-order valence-corrected chi connectivity index (χ3v) is 1.70. The molecule has 1 aromatic rings. The fourth-order valence-corrected chi connectivity index (χ4v) is 0.916. The lowest BCUT2D eigenvalue weighted by atomic mass is 10.2. The van der Waals surface area contributed by atoms with Gasteiger partial charge in [-0.1, -0.05) is 11.8 Å². The Morgan fingerprint density at radius 1 is 1.38 bits per heavy atom. The van der Waals surface area contributed by atoms with Gasteiger partial charge < -0.3 is 9.47 Å². The number of carbonyl (C=O) groups is 1. The summed E-state index contributed by atoms with van der Waals surface area (Å²) < 4.78 is 21.8. The Hall–Kier alpha value is -1.86. The van der Waals surface area contributed by atoms with E-state index < -0.39 is 5.97 Å². The van der Waals surface area contributed by atoms with Crippen molar-refractivity contribution in [2.24, 2.45) is 0 Å². The van der Waals surface area contributed by atoms with Crippen molar-refractivity contribution >= 4 is 5.97 Å². The minimum absolute atomic E-state index is 0.116. The standard InChI is InChI=1S/C12H11FO3/c1-15-12(14)9-16-8-2-3-10-4-6-11(13)7-5-10/h4-7H,8-9H2,1H3. The Bertz CT molecular complexity index is 401. The second kappa shape index (κ2) is 6.59. The second-order valence-electron chi connectivity index (χ2n) is 2.88. The lowest BCUT2D eigenvalue weighted by molar-refractivity contribution is -0.145. The van der Waals surface area contributed by atoms with Gasteiger partial charge in [0.15, 0.2) is 0 Å². The molecule has 0 aliphatic rings. The molecule has 0 N–H and O–H groups in total. The van der Waals surface area contributed by atoms with Crippen LogP contribution in [0.3, 0.4) is 0 Å². The topological polar surface area (TPSA) is 35.5 Å². The molecular weight excluding hydrogens is 211 g/mol. The van der Waals surface area contributed by atoms with Crippen LogP contribution in [-0.4, -0.2) is 26.3 Å². The fraction of sp³-hybridized carbons (Fsp3) is 0.250. The molecular formula is C12H11FO3. The van der Waals surface area contributed by atoms with Gasteiger partial charge in [0, 0.05) is 5.56 Å². The van der Waals surface area contributed by atoms with Crippen molar-refractivity contribution in [3.8, 4) is 11.8 Å². The first kappa shape index (κ1) is 12.2. The Morgan fingerprint density at radius 2 is 2.06 bits per heavy atom. The van der Waals surface area contributed by atoms with Gasteiger partial charge in [0.05, 0.1) is 7.11 Å². The average molecular weight is 222 g/mol. The Balaban J connectivity index is 2.32. The van der Waals surface area contributed by atoms with E-state index in [4.69, 9.17) is 4.74 Å². The van der Waals surface area contributed by atoms with E-state index >= 15 is 0 Å². The summed E-state index contributed by atoms with van der Waals surface area (Å²) >= 11 is 0. The third kappa shape index (κ3) is 4.58. The molecule has 0 heterocycles. The lowest BCUT2D eigenvalue weighted by Gasteiger charge is -1.96. The summed E-state index contributed by atoms with van der Waals surface area (Å²) in [6.07, 6.45) is 0. The molecule has 0 unspecified atom stereocenters. The number of methoxy groups -OCH3 is 1. The summed E-state index contributed by atoms with van der Waals surface area (Å²) in [6.45, 7) is 0.0150. The number of carbonyl (C=O) groups excluding carboxylic acids is 1. The number of halogens is 1. The zero-order valence-electron chi connectivity index (χ0n) is 8.83. The van der Waals surface area contributed by atoms with Crippen LogP contribution in [-0.2, 0) is 14.3 Å². The van der Waals surface area contributed by atoms with E-state index in [1.807, 2.05) is 0 Å². The predicted molar refractivity (Wildman–Crippen MR) is 56.1 cm³/mol. The van der Waals surface area contributed by atoms with Gasteiger partial charge in [-0.25, -0.2) is 9.18 Å². The number of ether oxygens (including phenoxy) is 2. The molecule has 0 bridgehead atoms. The SMILES string of the molecule is COC(=O)COCC#Cc1ccc(F)cc1. The van der Waals surface area contributed by atoms with E-state index in [0.29, 0.717) is 5.56 Å². The molecule has 0 atom stereocenters. The number of benzene rings is 1. The van der Waals surface area contributed by atoms with Gasteiger partial charge in [-0.3, -0.25) is 0 Å². The Kier molecular flexibility index (Phi) is 5.03. The molecule has 16 heavy (non-hydrogen) atoms. The van der Waals surface area contributed by atoms with Crippen LogP contribution in [0.25, 0.3) is 0 Å². The minimum atomic E-state index is -0.441. The molecule has 1 rings (SSSR count). The third-order valence-electron chi connectivity index (χ3n) is 1.70. The van der Waals surface area contributed by atoms with Crippen LogP contribution in [0.2, 0.25) is 0 Å². The van der Waals surface area contributed by atoms with Gasteiger partial charge in [0.2, 0.25) is 0 Å². The Morgan fingerprint density at radius 3 is 2.69 bits per heavy atom. The zero-order chi connectivity index (χ0) is 11.8. The second-order valence-corrected chi connectivity index (χ2v) is 2.88.